The third-order valence-corrected chi connectivity index (χ3v) is 5.81. The van der Waals surface area contributed by atoms with Crippen LogP contribution in [0.2, 0.25) is 0 Å². The Morgan fingerprint density at radius 2 is 2.00 bits per heavy atom. The minimum absolute atomic E-state index is 0.311. The maximum absolute atomic E-state index is 12.2. The highest BCUT2D eigenvalue weighted by atomic mass is 32.2. The molecule has 1 heterocycles. The highest BCUT2D eigenvalue weighted by Crippen LogP contribution is 2.22. The highest BCUT2D eigenvalue weighted by Gasteiger charge is 2.24. The monoisotopic (exact) mass is 276 g/mol. The van der Waals surface area contributed by atoms with Crippen molar-refractivity contribution in [3.8, 4) is 0 Å². The molecule has 0 amide bonds. The van der Waals surface area contributed by atoms with E-state index in [0.717, 1.165) is 51.2 Å². The van der Waals surface area contributed by atoms with E-state index in [1.165, 1.54) is 12.8 Å². The molecule has 0 bridgehead atoms. The van der Waals surface area contributed by atoms with Gasteiger partial charge in [0.2, 0.25) is 10.0 Å². The highest BCUT2D eigenvalue weighted by molar-refractivity contribution is 7.89. The van der Waals surface area contributed by atoms with Gasteiger partial charge in [0.15, 0.2) is 0 Å². The lowest BCUT2D eigenvalue weighted by Crippen LogP contribution is -2.34. The van der Waals surface area contributed by atoms with Crippen LogP contribution in [0, 0.1) is 5.92 Å². The SMILES string of the molecule is CCC1CCCN(S(=O)(=O)CCCCNC)CC1. The topological polar surface area (TPSA) is 49.4 Å². The van der Waals surface area contributed by atoms with Crippen molar-refractivity contribution in [2.24, 2.45) is 5.92 Å². The second-order valence-electron chi connectivity index (χ2n) is 5.23. The summed E-state index contributed by atoms with van der Waals surface area (Å²) in [6.45, 7) is 4.55. The Hall–Kier alpha value is -0.130. The van der Waals surface area contributed by atoms with Gasteiger partial charge in [-0.05, 0) is 51.6 Å². The number of nitrogens with zero attached hydrogens (tertiary/aromatic N) is 1. The standard InChI is InChI=1S/C13H28N2O2S/c1-3-13-7-6-10-15(11-8-13)18(16,17)12-5-4-9-14-2/h13-14H,3-12H2,1-2H3. The third kappa shape index (κ3) is 5.24. The van der Waals surface area contributed by atoms with Gasteiger partial charge in [-0.25, -0.2) is 12.7 Å². The molecule has 1 aliphatic heterocycles. The molecule has 0 aliphatic carbocycles. The van der Waals surface area contributed by atoms with E-state index in [2.05, 4.69) is 12.2 Å². The van der Waals surface area contributed by atoms with Crippen LogP contribution in [0.5, 0.6) is 0 Å². The average Bonchev–Trinajstić information content (AvgIpc) is 2.60. The average molecular weight is 276 g/mol. The van der Waals surface area contributed by atoms with Gasteiger partial charge in [-0.15, -0.1) is 0 Å². The Labute approximate surface area is 112 Å². The summed E-state index contributed by atoms with van der Waals surface area (Å²) in [6.07, 6.45) is 6.11. The smallest absolute Gasteiger partial charge is 0.214 e. The number of unbranched alkanes of at least 4 members (excludes halogenated alkanes) is 1. The summed E-state index contributed by atoms with van der Waals surface area (Å²) < 4.78 is 26.1. The van der Waals surface area contributed by atoms with E-state index >= 15 is 0 Å². The Balaban J connectivity index is 2.41. The summed E-state index contributed by atoms with van der Waals surface area (Å²) in [7, 11) is -1.12. The predicted octanol–water partition coefficient (Wildman–Crippen LogP) is 1.83. The Kier molecular flexibility index (Phi) is 7.19. The fraction of sp³-hybridized carbons (Fsp3) is 1.00. The van der Waals surface area contributed by atoms with E-state index in [9.17, 15) is 8.42 Å². The van der Waals surface area contributed by atoms with E-state index in [1.54, 1.807) is 4.31 Å². The lowest BCUT2D eigenvalue weighted by molar-refractivity contribution is 0.406. The zero-order chi connectivity index (χ0) is 13.4. The van der Waals surface area contributed by atoms with E-state index < -0.39 is 10.0 Å². The molecule has 1 rings (SSSR count). The van der Waals surface area contributed by atoms with Gasteiger partial charge in [0, 0.05) is 13.1 Å². The summed E-state index contributed by atoms with van der Waals surface area (Å²) in [4.78, 5) is 0. The zero-order valence-corrected chi connectivity index (χ0v) is 12.6. The van der Waals surface area contributed by atoms with E-state index in [4.69, 9.17) is 0 Å². The fourth-order valence-electron chi connectivity index (χ4n) is 2.54. The van der Waals surface area contributed by atoms with Gasteiger partial charge in [-0.3, -0.25) is 0 Å². The largest absolute Gasteiger partial charge is 0.320 e. The number of rotatable bonds is 7. The quantitative estimate of drug-likeness (QED) is 0.722. The number of sulfonamides is 1. The molecule has 1 N–H and O–H groups in total. The summed E-state index contributed by atoms with van der Waals surface area (Å²) in [5.74, 6) is 1.03. The van der Waals surface area contributed by atoms with Crippen molar-refractivity contribution < 1.29 is 8.42 Å². The van der Waals surface area contributed by atoms with Crippen molar-refractivity contribution in [1.29, 1.82) is 0 Å². The van der Waals surface area contributed by atoms with Crippen LogP contribution in [0.15, 0.2) is 0 Å². The predicted molar refractivity (Wildman–Crippen MR) is 76.2 cm³/mol. The molecule has 0 saturated carbocycles. The maximum Gasteiger partial charge on any atom is 0.214 e. The first kappa shape index (κ1) is 15.9. The van der Waals surface area contributed by atoms with Gasteiger partial charge in [0.1, 0.15) is 0 Å². The van der Waals surface area contributed by atoms with Crippen LogP contribution in [-0.4, -0.2) is 45.2 Å². The van der Waals surface area contributed by atoms with Gasteiger partial charge in [0.25, 0.3) is 0 Å². The maximum atomic E-state index is 12.2. The Morgan fingerprint density at radius 1 is 1.22 bits per heavy atom. The summed E-state index contributed by atoms with van der Waals surface area (Å²) in [6, 6.07) is 0. The normalized spacial score (nSPS) is 22.9. The Morgan fingerprint density at radius 3 is 2.67 bits per heavy atom. The molecule has 0 aromatic rings. The van der Waals surface area contributed by atoms with Crippen LogP contribution in [0.4, 0.5) is 0 Å². The molecule has 0 aromatic carbocycles. The molecule has 0 aromatic heterocycles. The molecular formula is C13H28N2O2S. The van der Waals surface area contributed by atoms with Gasteiger partial charge in [0.05, 0.1) is 5.75 Å². The van der Waals surface area contributed by atoms with E-state index in [0.29, 0.717) is 5.75 Å². The first-order valence-corrected chi connectivity index (χ1v) is 8.83. The lowest BCUT2D eigenvalue weighted by Gasteiger charge is -2.20. The second kappa shape index (κ2) is 8.12. The van der Waals surface area contributed by atoms with Crippen molar-refractivity contribution in [2.75, 3.05) is 32.4 Å². The van der Waals surface area contributed by atoms with Crippen molar-refractivity contribution in [2.45, 2.75) is 45.4 Å². The molecule has 4 nitrogen and oxygen atoms in total. The minimum atomic E-state index is -3.01. The molecule has 18 heavy (non-hydrogen) atoms. The Bertz CT molecular complexity index is 317. The number of hydrogen-bond acceptors (Lipinski definition) is 3. The van der Waals surface area contributed by atoms with Crippen molar-refractivity contribution >= 4 is 10.0 Å². The van der Waals surface area contributed by atoms with Crippen LogP contribution in [0.3, 0.4) is 0 Å². The number of hydrogen-bond donors (Lipinski definition) is 1. The molecule has 1 unspecified atom stereocenters. The van der Waals surface area contributed by atoms with Gasteiger partial charge < -0.3 is 5.32 Å². The summed E-state index contributed by atoms with van der Waals surface area (Å²) in [5.41, 5.74) is 0. The molecule has 1 saturated heterocycles. The van der Waals surface area contributed by atoms with Gasteiger partial charge in [-0.2, -0.15) is 0 Å². The zero-order valence-electron chi connectivity index (χ0n) is 11.8. The van der Waals surface area contributed by atoms with Gasteiger partial charge >= 0.3 is 0 Å². The fourth-order valence-corrected chi connectivity index (χ4v) is 4.16. The first-order valence-electron chi connectivity index (χ1n) is 7.22. The molecule has 1 atom stereocenters. The molecule has 0 spiro atoms. The molecule has 0 radical (unpaired) electrons. The minimum Gasteiger partial charge on any atom is -0.320 e. The van der Waals surface area contributed by atoms with Gasteiger partial charge in [-0.1, -0.05) is 13.3 Å². The second-order valence-corrected chi connectivity index (χ2v) is 7.32. The van der Waals surface area contributed by atoms with Crippen molar-refractivity contribution in [1.82, 2.24) is 9.62 Å². The summed E-state index contributed by atoms with van der Waals surface area (Å²) >= 11 is 0. The van der Waals surface area contributed by atoms with Crippen LogP contribution in [-0.2, 0) is 10.0 Å². The number of nitrogens with one attached hydrogen (secondary N) is 1. The van der Waals surface area contributed by atoms with Crippen LogP contribution < -0.4 is 5.32 Å². The third-order valence-electron chi connectivity index (χ3n) is 3.86. The van der Waals surface area contributed by atoms with Crippen LogP contribution in [0.25, 0.3) is 0 Å². The molecule has 1 fully saturated rings. The molecule has 1 aliphatic rings. The van der Waals surface area contributed by atoms with E-state index in [1.807, 2.05) is 7.05 Å². The molecular weight excluding hydrogens is 248 g/mol. The molecule has 108 valence electrons. The molecule has 5 heteroatoms. The van der Waals surface area contributed by atoms with Crippen LogP contribution in [0.1, 0.15) is 45.4 Å². The van der Waals surface area contributed by atoms with Crippen molar-refractivity contribution in [3.63, 3.8) is 0 Å². The first-order chi connectivity index (χ1) is 8.60. The summed E-state index contributed by atoms with van der Waals surface area (Å²) in [5, 5.41) is 3.05. The van der Waals surface area contributed by atoms with E-state index in [-0.39, 0.29) is 0 Å². The van der Waals surface area contributed by atoms with Crippen LogP contribution >= 0.6 is 0 Å². The lowest BCUT2D eigenvalue weighted by atomic mass is 9.98. The van der Waals surface area contributed by atoms with Crippen molar-refractivity contribution in [3.05, 3.63) is 0 Å².